The number of esters is 2. The molecule has 0 aromatic heterocycles. The van der Waals surface area contributed by atoms with Crippen LogP contribution in [0.25, 0.3) is 10.8 Å². The van der Waals surface area contributed by atoms with Gasteiger partial charge in [0.15, 0.2) is 0 Å². The Hall–Kier alpha value is -2.62. The van der Waals surface area contributed by atoms with Gasteiger partial charge in [-0.25, -0.2) is 9.59 Å². The van der Waals surface area contributed by atoms with E-state index in [0.717, 1.165) is 10.8 Å². The summed E-state index contributed by atoms with van der Waals surface area (Å²) in [7, 11) is 0. The van der Waals surface area contributed by atoms with E-state index in [1.54, 1.807) is 12.1 Å². The highest BCUT2D eigenvalue weighted by Crippen LogP contribution is 2.20. The quantitative estimate of drug-likeness (QED) is 0.772. The lowest BCUT2D eigenvalue weighted by molar-refractivity contribution is -0.151. The van der Waals surface area contributed by atoms with Crippen molar-refractivity contribution in [1.29, 1.82) is 0 Å². The van der Waals surface area contributed by atoms with Gasteiger partial charge in [0.2, 0.25) is 0 Å². The standard InChI is InChI=1S/C15H10O4/c16-13-8-9-14(18-13)19-15(17)12-7-3-5-10-4-1-2-6-11(10)12/h1-9,14H. The summed E-state index contributed by atoms with van der Waals surface area (Å²) in [6.45, 7) is 0. The van der Waals surface area contributed by atoms with Gasteiger partial charge in [-0.15, -0.1) is 0 Å². The molecule has 0 saturated carbocycles. The Kier molecular flexibility index (Phi) is 2.76. The topological polar surface area (TPSA) is 52.6 Å². The summed E-state index contributed by atoms with van der Waals surface area (Å²) in [5.41, 5.74) is 0.453. The van der Waals surface area contributed by atoms with Crippen molar-refractivity contribution in [3.63, 3.8) is 0 Å². The summed E-state index contributed by atoms with van der Waals surface area (Å²) in [4.78, 5) is 23.0. The van der Waals surface area contributed by atoms with Crippen LogP contribution in [0.15, 0.2) is 54.6 Å². The van der Waals surface area contributed by atoms with E-state index in [-0.39, 0.29) is 0 Å². The van der Waals surface area contributed by atoms with Gasteiger partial charge in [-0.3, -0.25) is 0 Å². The highest BCUT2D eigenvalue weighted by atomic mass is 16.7. The monoisotopic (exact) mass is 254 g/mol. The van der Waals surface area contributed by atoms with Crippen molar-refractivity contribution in [3.05, 3.63) is 60.2 Å². The van der Waals surface area contributed by atoms with Crippen LogP contribution in [0.5, 0.6) is 0 Å². The van der Waals surface area contributed by atoms with Crippen LogP contribution < -0.4 is 0 Å². The van der Waals surface area contributed by atoms with Crippen molar-refractivity contribution in [2.24, 2.45) is 0 Å². The fourth-order valence-corrected chi connectivity index (χ4v) is 1.99. The van der Waals surface area contributed by atoms with Gasteiger partial charge in [0.25, 0.3) is 6.29 Å². The Bertz CT molecular complexity index is 682. The van der Waals surface area contributed by atoms with Crippen molar-refractivity contribution in [2.75, 3.05) is 0 Å². The molecule has 4 heteroatoms. The first kappa shape index (κ1) is 11.5. The van der Waals surface area contributed by atoms with E-state index < -0.39 is 18.2 Å². The highest BCUT2D eigenvalue weighted by molar-refractivity contribution is 6.04. The average Bonchev–Trinajstić information content (AvgIpc) is 2.83. The van der Waals surface area contributed by atoms with Crippen LogP contribution in [0.4, 0.5) is 0 Å². The molecule has 1 aliphatic rings. The number of carbonyl (C=O) groups is 2. The summed E-state index contributed by atoms with van der Waals surface area (Å²) in [5.74, 6) is -1.02. The van der Waals surface area contributed by atoms with E-state index >= 15 is 0 Å². The van der Waals surface area contributed by atoms with Gasteiger partial charge in [-0.05, 0) is 16.8 Å². The summed E-state index contributed by atoms with van der Waals surface area (Å²) < 4.78 is 9.88. The molecular weight excluding hydrogens is 244 g/mol. The molecular formula is C15H10O4. The van der Waals surface area contributed by atoms with Gasteiger partial charge in [-0.2, -0.15) is 0 Å². The predicted octanol–water partition coefficient (Wildman–Crippen LogP) is 2.44. The first-order chi connectivity index (χ1) is 9.24. The van der Waals surface area contributed by atoms with Crippen molar-refractivity contribution in [1.82, 2.24) is 0 Å². The number of cyclic esters (lactones) is 1. The molecule has 3 rings (SSSR count). The molecule has 0 saturated heterocycles. The zero-order valence-electron chi connectivity index (χ0n) is 9.91. The Morgan fingerprint density at radius 1 is 1.11 bits per heavy atom. The molecule has 19 heavy (non-hydrogen) atoms. The van der Waals surface area contributed by atoms with E-state index in [9.17, 15) is 9.59 Å². The number of fused-ring (bicyclic) bond motifs is 1. The fourth-order valence-electron chi connectivity index (χ4n) is 1.99. The summed E-state index contributed by atoms with van der Waals surface area (Å²) in [6, 6.07) is 12.9. The summed E-state index contributed by atoms with van der Waals surface area (Å²) in [6.07, 6.45) is 1.71. The van der Waals surface area contributed by atoms with Crippen LogP contribution >= 0.6 is 0 Å². The van der Waals surface area contributed by atoms with Gasteiger partial charge < -0.3 is 9.47 Å². The molecule has 0 aliphatic carbocycles. The van der Waals surface area contributed by atoms with Crippen LogP contribution in [0.2, 0.25) is 0 Å². The molecule has 0 N–H and O–H groups in total. The number of hydrogen-bond donors (Lipinski definition) is 0. The lowest BCUT2D eigenvalue weighted by atomic mass is 10.1. The van der Waals surface area contributed by atoms with Crippen molar-refractivity contribution >= 4 is 22.7 Å². The Morgan fingerprint density at radius 2 is 1.89 bits per heavy atom. The zero-order valence-corrected chi connectivity index (χ0v) is 9.91. The molecule has 1 heterocycles. The molecule has 0 radical (unpaired) electrons. The number of benzene rings is 2. The summed E-state index contributed by atoms with van der Waals surface area (Å²) in [5, 5.41) is 1.76. The second-order valence-electron chi connectivity index (χ2n) is 4.10. The minimum absolute atomic E-state index is 0.453. The van der Waals surface area contributed by atoms with Crippen molar-refractivity contribution in [3.8, 4) is 0 Å². The lowest BCUT2D eigenvalue weighted by Gasteiger charge is -2.11. The SMILES string of the molecule is O=C1C=CC(OC(=O)c2cccc3ccccc23)O1. The van der Waals surface area contributed by atoms with Crippen molar-refractivity contribution < 1.29 is 19.1 Å². The van der Waals surface area contributed by atoms with Gasteiger partial charge in [0, 0.05) is 12.2 Å². The maximum atomic E-state index is 12.1. The third-order valence-electron chi connectivity index (χ3n) is 2.85. The van der Waals surface area contributed by atoms with Crippen LogP contribution in [0.1, 0.15) is 10.4 Å². The largest absolute Gasteiger partial charge is 0.418 e. The third-order valence-corrected chi connectivity index (χ3v) is 2.85. The van der Waals surface area contributed by atoms with Crippen LogP contribution in [-0.4, -0.2) is 18.2 Å². The Balaban J connectivity index is 1.90. The minimum atomic E-state index is -0.932. The molecule has 2 aromatic carbocycles. The average molecular weight is 254 g/mol. The van der Waals surface area contributed by atoms with E-state index in [0.29, 0.717) is 5.56 Å². The fraction of sp³-hybridized carbons (Fsp3) is 0.0667. The molecule has 4 nitrogen and oxygen atoms in total. The van der Waals surface area contributed by atoms with Crippen LogP contribution in [-0.2, 0) is 14.3 Å². The molecule has 2 aromatic rings. The zero-order chi connectivity index (χ0) is 13.2. The second kappa shape index (κ2) is 4.57. The molecule has 0 bridgehead atoms. The molecule has 0 fully saturated rings. The van der Waals surface area contributed by atoms with Crippen LogP contribution in [0.3, 0.4) is 0 Å². The van der Waals surface area contributed by atoms with Gasteiger partial charge in [-0.1, -0.05) is 36.4 Å². The second-order valence-corrected chi connectivity index (χ2v) is 4.10. The van der Waals surface area contributed by atoms with E-state index in [1.807, 2.05) is 30.3 Å². The minimum Gasteiger partial charge on any atom is -0.418 e. The number of hydrogen-bond acceptors (Lipinski definition) is 4. The van der Waals surface area contributed by atoms with E-state index in [4.69, 9.17) is 9.47 Å². The normalized spacial score (nSPS) is 17.5. The van der Waals surface area contributed by atoms with Gasteiger partial charge in [0.1, 0.15) is 0 Å². The molecule has 0 amide bonds. The molecule has 94 valence electrons. The van der Waals surface area contributed by atoms with Gasteiger partial charge >= 0.3 is 11.9 Å². The number of carbonyl (C=O) groups excluding carboxylic acids is 2. The van der Waals surface area contributed by atoms with Crippen molar-refractivity contribution in [2.45, 2.75) is 6.29 Å². The van der Waals surface area contributed by atoms with Gasteiger partial charge in [0.05, 0.1) is 5.56 Å². The highest BCUT2D eigenvalue weighted by Gasteiger charge is 2.22. The molecule has 0 spiro atoms. The molecule has 1 atom stereocenters. The molecule has 1 unspecified atom stereocenters. The lowest BCUT2D eigenvalue weighted by Crippen LogP contribution is -2.17. The van der Waals surface area contributed by atoms with Crippen LogP contribution in [0, 0.1) is 0 Å². The predicted molar refractivity (Wildman–Crippen MR) is 68.4 cm³/mol. The molecule has 1 aliphatic heterocycles. The third kappa shape index (κ3) is 2.20. The van der Waals surface area contributed by atoms with E-state index in [1.165, 1.54) is 12.2 Å². The first-order valence-electron chi connectivity index (χ1n) is 5.81. The Labute approximate surface area is 109 Å². The maximum absolute atomic E-state index is 12.1. The van der Waals surface area contributed by atoms with E-state index in [2.05, 4.69) is 0 Å². The summed E-state index contributed by atoms with van der Waals surface area (Å²) >= 11 is 0. The smallest absolute Gasteiger partial charge is 0.342 e. The number of ether oxygens (including phenoxy) is 2. The maximum Gasteiger partial charge on any atom is 0.342 e. The number of rotatable bonds is 2. The Morgan fingerprint density at radius 3 is 2.68 bits per heavy atom. The first-order valence-corrected chi connectivity index (χ1v) is 5.81.